The standard InChI is InChI=1S/C16H19N5O2/c1-22-12-6-7-13(14(9-12)23-2)10-4-3-5-11(8-10)20-16(19)21-15(17)18/h3-9H,1-2H3,(H6,17,18,19,20,21). The number of nitrogens with two attached hydrogens (primary N) is 3. The number of aliphatic imine (C=N–C) groups is 2. The van der Waals surface area contributed by atoms with Crippen molar-refractivity contribution in [2.24, 2.45) is 27.2 Å². The van der Waals surface area contributed by atoms with Crippen LogP contribution in [0.3, 0.4) is 0 Å². The second-order valence-corrected chi connectivity index (χ2v) is 4.62. The average molecular weight is 313 g/mol. The summed E-state index contributed by atoms with van der Waals surface area (Å²) in [5, 5.41) is 0. The predicted molar refractivity (Wildman–Crippen MR) is 92.1 cm³/mol. The van der Waals surface area contributed by atoms with Crippen molar-refractivity contribution in [2.45, 2.75) is 0 Å². The number of hydrogen-bond acceptors (Lipinski definition) is 3. The predicted octanol–water partition coefficient (Wildman–Crippen LogP) is 1.59. The molecule has 0 aliphatic heterocycles. The van der Waals surface area contributed by atoms with Crippen molar-refractivity contribution >= 4 is 17.6 Å². The van der Waals surface area contributed by atoms with Crippen LogP contribution in [-0.4, -0.2) is 26.1 Å². The van der Waals surface area contributed by atoms with E-state index in [-0.39, 0.29) is 11.9 Å². The van der Waals surface area contributed by atoms with Gasteiger partial charge >= 0.3 is 0 Å². The smallest absolute Gasteiger partial charge is 0.223 e. The van der Waals surface area contributed by atoms with Crippen molar-refractivity contribution < 1.29 is 9.47 Å². The molecule has 0 spiro atoms. The van der Waals surface area contributed by atoms with E-state index in [1.807, 2.05) is 36.4 Å². The maximum atomic E-state index is 5.65. The molecule has 23 heavy (non-hydrogen) atoms. The number of methoxy groups -OCH3 is 2. The van der Waals surface area contributed by atoms with Gasteiger partial charge in [0, 0.05) is 11.6 Å². The van der Waals surface area contributed by atoms with Gasteiger partial charge in [-0.3, -0.25) is 0 Å². The number of benzene rings is 2. The van der Waals surface area contributed by atoms with Gasteiger partial charge in [-0.15, -0.1) is 0 Å². The molecule has 0 amide bonds. The summed E-state index contributed by atoms with van der Waals surface area (Å²) in [6.07, 6.45) is 0. The summed E-state index contributed by atoms with van der Waals surface area (Å²) >= 11 is 0. The highest BCUT2D eigenvalue weighted by Crippen LogP contribution is 2.34. The first kappa shape index (κ1) is 16.2. The van der Waals surface area contributed by atoms with E-state index in [1.165, 1.54) is 0 Å². The van der Waals surface area contributed by atoms with Crippen molar-refractivity contribution in [1.29, 1.82) is 0 Å². The van der Waals surface area contributed by atoms with Gasteiger partial charge in [0.05, 0.1) is 19.9 Å². The Labute approximate surface area is 134 Å². The monoisotopic (exact) mass is 313 g/mol. The molecule has 0 saturated heterocycles. The fraction of sp³-hybridized carbons (Fsp3) is 0.125. The van der Waals surface area contributed by atoms with Crippen molar-refractivity contribution in [1.82, 2.24) is 0 Å². The summed E-state index contributed by atoms with van der Waals surface area (Å²) in [6, 6.07) is 13.1. The molecule has 2 aromatic rings. The van der Waals surface area contributed by atoms with E-state index in [4.69, 9.17) is 26.7 Å². The van der Waals surface area contributed by atoms with Crippen LogP contribution in [0, 0.1) is 0 Å². The molecule has 0 radical (unpaired) electrons. The Bertz CT molecular complexity index is 752. The Morgan fingerprint density at radius 3 is 2.39 bits per heavy atom. The number of rotatable bonds is 4. The lowest BCUT2D eigenvalue weighted by atomic mass is 10.0. The van der Waals surface area contributed by atoms with Crippen LogP contribution in [0.4, 0.5) is 5.69 Å². The first-order valence-corrected chi connectivity index (χ1v) is 6.79. The van der Waals surface area contributed by atoms with Crippen molar-refractivity contribution in [3.63, 3.8) is 0 Å². The molecular formula is C16H19N5O2. The van der Waals surface area contributed by atoms with Gasteiger partial charge in [0.25, 0.3) is 0 Å². The highest BCUT2D eigenvalue weighted by molar-refractivity contribution is 5.93. The first-order valence-electron chi connectivity index (χ1n) is 6.79. The third-order valence-corrected chi connectivity index (χ3v) is 3.05. The molecule has 0 fully saturated rings. The maximum absolute atomic E-state index is 5.65. The van der Waals surface area contributed by atoms with Gasteiger partial charge in [-0.2, -0.15) is 4.99 Å². The summed E-state index contributed by atoms with van der Waals surface area (Å²) in [5.74, 6) is 1.27. The average Bonchev–Trinajstić information content (AvgIpc) is 2.53. The van der Waals surface area contributed by atoms with Gasteiger partial charge in [0.2, 0.25) is 5.96 Å². The van der Waals surface area contributed by atoms with Gasteiger partial charge in [-0.25, -0.2) is 4.99 Å². The number of ether oxygens (including phenoxy) is 2. The molecule has 0 unspecified atom stereocenters. The Morgan fingerprint density at radius 1 is 0.957 bits per heavy atom. The molecule has 2 aromatic carbocycles. The van der Waals surface area contributed by atoms with E-state index in [9.17, 15) is 0 Å². The lowest BCUT2D eigenvalue weighted by molar-refractivity contribution is 0.395. The zero-order valence-electron chi connectivity index (χ0n) is 13.0. The number of hydrogen-bond donors (Lipinski definition) is 3. The molecule has 0 aromatic heterocycles. The van der Waals surface area contributed by atoms with Gasteiger partial charge in [-0.1, -0.05) is 12.1 Å². The molecule has 7 nitrogen and oxygen atoms in total. The second kappa shape index (κ2) is 7.17. The Balaban J connectivity index is 2.42. The second-order valence-electron chi connectivity index (χ2n) is 4.62. The zero-order valence-corrected chi connectivity index (χ0v) is 13.0. The van der Waals surface area contributed by atoms with E-state index in [0.29, 0.717) is 11.4 Å². The molecular weight excluding hydrogens is 294 g/mol. The van der Waals surface area contributed by atoms with E-state index in [0.717, 1.165) is 16.9 Å². The van der Waals surface area contributed by atoms with Gasteiger partial charge in [0.15, 0.2) is 5.96 Å². The molecule has 6 N–H and O–H groups in total. The summed E-state index contributed by atoms with van der Waals surface area (Å²) in [4.78, 5) is 7.85. The fourth-order valence-corrected chi connectivity index (χ4v) is 2.07. The van der Waals surface area contributed by atoms with E-state index in [1.54, 1.807) is 20.3 Å². The van der Waals surface area contributed by atoms with Crippen LogP contribution in [0.1, 0.15) is 0 Å². The molecule has 7 heteroatoms. The molecule has 0 atom stereocenters. The summed E-state index contributed by atoms with van der Waals surface area (Å²) in [5.41, 5.74) is 18.6. The molecule has 0 bridgehead atoms. The van der Waals surface area contributed by atoms with Crippen LogP contribution in [0.25, 0.3) is 11.1 Å². The van der Waals surface area contributed by atoms with E-state index >= 15 is 0 Å². The summed E-state index contributed by atoms with van der Waals surface area (Å²) in [6.45, 7) is 0. The van der Waals surface area contributed by atoms with Crippen LogP contribution >= 0.6 is 0 Å². The molecule has 120 valence electrons. The quantitative estimate of drug-likeness (QED) is 0.584. The molecule has 2 rings (SSSR count). The van der Waals surface area contributed by atoms with Crippen molar-refractivity contribution in [3.05, 3.63) is 42.5 Å². The van der Waals surface area contributed by atoms with Crippen molar-refractivity contribution in [3.8, 4) is 22.6 Å². The number of guanidine groups is 2. The fourth-order valence-electron chi connectivity index (χ4n) is 2.07. The van der Waals surface area contributed by atoms with Crippen LogP contribution < -0.4 is 26.7 Å². The minimum absolute atomic E-state index is 0.0103. The largest absolute Gasteiger partial charge is 0.497 e. The third kappa shape index (κ3) is 4.13. The van der Waals surface area contributed by atoms with Gasteiger partial charge in [-0.05, 0) is 29.8 Å². The van der Waals surface area contributed by atoms with Gasteiger partial charge < -0.3 is 26.7 Å². The normalized spacial score (nSPS) is 11.0. The van der Waals surface area contributed by atoms with Crippen LogP contribution in [0.5, 0.6) is 11.5 Å². The SMILES string of the molecule is COc1ccc(-c2cccc(N=C(N)N=C(N)N)c2)c(OC)c1. The highest BCUT2D eigenvalue weighted by Gasteiger charge is 2.08. The molecule has 0 aliphatic rings. The lowest BCUT2D eigenvalue weighted by Crippen LogP contribution is -2.26. The minimum atomic E-state index is -0.140. The van der Waals surface area contributed by atoms with Crippen LogP contribution in [0.2, 0.25) is 0 Å². The highest BCUT2D eigenvalue weighted by atomic mass is 16.5. The summed E-state index contributed by atoms with van der Waals surface area (Å²) < 4.78 is 10.6. The Morgan fingerprint density at radius 2 is 1.74 bits per heavy atom. The zero-order chi connectivity index (χ0) is 16.8. The minimum Gasteiger partial charge on any atom is -0.497 e. The Hall–Kier alpha value is -3.22. The summed E-state index contributed by atoms with van der Waals surface area (Å²) in [7, 11) is 3.22. The van der Waals surface area contributed by atoms with Crippen LogP contribution in [0.15, 0.2) is 52.4 Å². The Kier molecular flexibility index (Phi) is 5.03. The molecule has 0 saturated carbocycles. The van der Waals surface area contributed by atoms with Crippen LogP contribution in [-0.2, 0) is 0 Å². The van der Waals surface area contributed by atoms with E-state index in [2.05, 4.69) is 9.98 Å². The number of nitrogens with zero attached hydrogens (tertiary/aromatic N) is 2. The molecule has 0 heterocycles. The topological polar surface area (TPSA) is 121 Å². The van der Waals surface area contributed by atoms with Gasteiger partial charge in [0.1, 0.15) is 11.5 Å². The lowest BCUT2D eigenvalue weighted by Gasteiger charge is -2.11. The molecule has 0 aliphatic carbocycles. The van der Waals surface area contributed by atoms with Crippen molar-refractivity contribution in [2.75, 3.05) is 14.2 Å². The maximum Gasteiger partial charge on any atom is 0.223 e. The van der Waals surface area contributed by atoms with E-state index < -0.39 is 0 Å². The third-order valence-electron chi connectivity index (χ3n) is 3.05. The first-order chi connectivity index (χ1) is 11.0.